The zero-order chi connectivity index (χ0) is 16.6. The van der Waals surface area contributed by atoms with Crippen LogP contribution in [0.5, 0.6) is 11.5 Å². The first-order valence-electron chi connectivity index (χ1n) is 7.04. The van der Waals surface area contributed by atoms with Crippen LogP contribution in [0.15, 0.2) is 39.5 Å². The van der Waals surface area contributed by atoms with Crippen molar-refractivity contribution in [1.82, 2.24) is 4.57 Å². The number of ether oxygens (including phenoxy) is 2. The number of fused-ring (bicyclic) bond motifs is 1. The fraction of sp³-hybridized carbons (Fsp3) is 0.235. The second-order valence-corrected chi connectivity index (χ2v) is 5.64. The molecule has 2 aromatic carbocycles. The van der Waals surface area contributed by atoms with E-state index in [0.717, 1.165) is 11.1 Å². The van der Waals surface area contributed by atoms with Crippen molar-refractivity contribution in [2.24, 2.45) is 0 Å². The molecule has 0 radical (unpaired) electrons. The van der Waals surface area contributed by atoms with Crippen molar-refractivity contribution in [2.75, 3.05) is 14.2 Å². The summed E-state index contributed by atoms with van der Waals surface area (Å²) in [5.74, 6) is 0.860. The molecule has 1 aromatic heterocycles. The minimum Gasteiger partial charge on any atom is -0.493 e. The SMILES string of the molecule is COc1cc(C)c(Cn2c(=O)oc3cc(Cl)ccc32)cc1OC. The fourth-order valence-corrected chi connectivity index (χ4v) is 2.72. The standard InChI is InChI=1S/C17H16ClNO4/c1-10-6-15(21-2)16(22-3)7-11(10)9-19-13-5-4-12(18)8-14(13)23-17(19)20/h4-8H,9H2,1-3H3. The third kappa shape index (κ3) is 2.80. The summed E-state index contributed by atoms with van der Waals surface area (Å²) in [5, 5.41) is 0.528. The largest absolute Gasteiger partial charge is 0.493 e. The van der Waals surface area contributed by atoms with Crippen molar-refractivity contribution in [3.05, 3.63) is 57.0 Å². The lowest BCUT2D eigenvalue weighted by Gasteiger charge is -2.13. The van der Waals surface area contributed by atoms with Crippen LogP contribution in [0.4, 0.5) is 0 Å². The summed E-state index contributed by atoms with van der Waals surface area (Å²) in [6, 6.07) is 8.90. The summed E-state index contributed by atoms with van der Waals surface area (Å²) in [5.41, 5.74) is 3.12. The molecule has 0 aliphatic carbocycles. The molecule has 23 heavy (non-hydrogen) atoms. The Morgan fingerprint density at radius 1 is 1.13 bits per heavy atom. The molecular formula is C17H16ClNO4. The molecule has 0 saturated carbocycles. The number of hydrogen-bond acceptors (Lipinski definition) is 4. The van der Waals surface area contributed by atoms with Gasteiger partial charge in [-0.3, -0.25) is 4.57 Å². The summed E-state index contributed by atoms with van der Waals surface area (Å²) in [7, 11) is 3.17. The number of aromatic nitrogens is 1. The maximum Gasteiger partial charge on any atom is 0.420 e. The molecule has 0 aliphatic rings. The van der Waals surface area contributed by atoms with E-state index in [1.165, 1.54) is 0 Å². The highest BCUT2D eigenvalue weighted by Crippen LogP contribution is 2.31. The molecule has 3 aromatic rings. The molecule has 0 fully saturated rings. The monoisotopic (exact) mass is 333 g/mol. The quantitative estimate of drug-likeness (QED) is 0.731. The number of halogens is 1. The first-order valence-corrected chi connectivity index (χ1v) is 7.41. The molecule has 5 nitrogen and oxygen atoms in total. The van der Waals surface area contributed by atoms with Crippen molar-refractivity contribution in [3.8, 4) is 11.5 Å². The lowest BCUT2D eigenvalue weighted by molar-refractivity contribution is 0.354. The smallest absolute Gasteiger partial charge is 0.420 e. The number of nitrogens with zero attached hydrogens (tertiary/aromatic N) is 1. The third-order valence-corrected chi connectivity index (χ3v) is 4.04. The molecule has 0 N–H and O–H groups in total. The van der Waals surface area contributed by atoms with Crippen LogP contribution in [0.3, 0.4) is 0 Å². The van der Waals surface area contributed by atoms with Gasteiger partial charge in [0.15, 0.2) is 17.1 Å². The number of methoxy groups -OCH3 is 2. The highest BCUT2D eigenvalue weighted by atomic mass is 35.5. The van der Waals surface area contributed by atoms with Crippen molar-refractivity contribution in [2.45, 2.75) is 13.5 Å². The van der Waals surface area contributed by atoms with Gasteiger partial charge in [0.2, 0.25) is 0 Å². The molecule has 6 heteroatoms. The van der Waals surface area contributed by atoms with Gasteiger partial charge in [-0.05, 0) is 42.3 Å². The van der Waals surface area contributed by atoms with Crippen LogP contribution in [0.1, 0.15) is 11.1 Å². The third-order valence-electron chi connectivity index (χ3n) is 3.80. The molecule has 3 rings (SSSR count). The highest BCUT2D eigenvalue weighted by molar-refractivity contribution is 6.31. The van der Waals surface area contributed by atoms with Crippen LogP contribution in [-0.4, -0.2) is 18.8 Å². The summed E-state index contributed by atoms with van der Waals surface area (Å²) < 4.78 is 17.4. The molecule has 0 saturated heterocycles. The Morgan fingerprint density at radius 2 is 1.83 bits per heavy atom. The van der Waals surface area contributed by atoms with Gasteiger partial charge in [0, 0.05) is 11.1 Å². The van der Waals surface area contributed by atoms with Gasteiger partial charge in [-0.2, -0.15) is 0 Å². The summed E-state index contributed by atoms with van der Waals surface area (Å²) >= 11 is 5.94. The molecule has 0 spiro atoms. The van der Waals surface area contributed by atoms with Crippen LogP contribution >= 0.6 is 11.6 Å². The molecule has 0 unspecified atom stereocenters. The molecule has 0 amide bonds. The number of hydrogen-bond donors (Lipinski definition) is 0. The Kier molecular flexibility index (Phi) is 4.05. The van der Waals surface area contributed by atoms with E-state index in [4.69, 9.17) is 25.5 Å². The van der Waals surface area contributed by atoms with Crippen molar-refractivity contribution in [3.63, 3.8) is 0 Å². The lowest BCUT2D eigenvalue weighted by atomic mass is 10.1. The van der Waals surface area contributed by atoms with Crippen LogP contribution in [0.25, 0.3) is 11.1 Å². The molecule has 1 heterocycles. The van der Waals surface area contributed by atoms with Crippen molar-refractivity contribution < 1.29 is 13.9 Å². The van der Waals surface area contributed by atoms with Gasteiger partial charge in [0.25, 0.3) is 0 Å². The van der Waals surface area contributed by atoms with Crippen LogP contribution in [-0.2, 0) is 6.54 Å². The first-order chi connectivity index (χ1) is 11.0. The summed E-state index contributed by atoms with van der Waals surface area (Å²) in [6.45, 7) is 2.33. The molecule has 0 aliphatic heterocycles. The van der Waals surface area contributed by atoms with Crippen molar-refractivity contribution >= 4 is 22.7 Å². The van der Waals surface area contributed by atoms with E-state index in [1.807, 2.05) is 19.1 Å². The van der Waals surface area contributed by atoms with Gasteiger partial charge >= 0.3 is 5.76 Å². The predicted molar refractivity (Wildman–Crippen MR) is 88.9 cm³/mol. The Bertz CT molecular complexity index is 926. The minimum atomic E-state index is -0.420. The Labute approximate surface area is 138 Å². The van der Waals surface area contributed by atoms with E-state index in [1.54, 1.807) is 37.0 Å². The van der Waals surface area contributed by atoms with Crippen LogP contribution < -0.4 is 15.2 Å². The molecule has 0 atom stereocenters. The van der Waals surface area contributed by atoms with E-state index in [0.29, 0.717) is 34.2 Å². The zero-order valence-corrected chi connectivity index (χ0v) is 13.8. The van der Waals surface area contributed by atoms with E-state index in [-0.39, 0.29) is 0 Å². The maximum absolute atomic E-state index is 12.1. The maximum atomic E-state index is 12.1. The Balaban J connectivity index is 2.09. The zero-order valence-electron chi connectivity index (χ0n) is 13.1. The molecular weight excluding hydrogens is 318 g/mol. The second kappa shape index (κ2) is 6.01. The number of aryl methyl sites for hydroxylation is 1. The van der Waals surface area contributed by atoms with Gasteiger partial charge in [-0.25, -0.2) is 4.79 Å². The average molecular weight is 334 g/mol. The summed E-state index contributed by atoms with van der Waals surface area (Å²) in [4.78, 5) is 12.1. The number of rotatable bonds is 4. The van der Waals surface area contributed by atoms with E-state index >= 15 is 0 Å². The van der Waals surface area contributed by atoms with E-state index < -0.39 is 5.76 Å². The molecule has 0 bridgehead atoms. The Morgan fingerprint density at radius 3 is 2.52 bits per heavy atom. The lowest BCUT2D eigenvalue weighted by Crippen LogP contribution is -2.15. The van der Waals surface area contributed by atoms with Gasteiger partial charge in [-0.15, -0.1) is 0 Å². The normalized spacial score (nSPS) is 11.0. The van der Waals surface area contributed by atoms with Gasteiger partial charge in [0.05, 0.1) is 26.3 Å². The summed E-state index contributed by atoms with van der Waals surface area (Å²) in [6.07, 6.45) is 0. The van der Waals surface area contributed by atoms with E-state index in [9.17, 15) is 4.79 Å². The fourth-order valence-electron chi connectivity index (χ4n) is 2.55. The minimum absolute atomic E-state index is 0.375. The Hall–Kier alpha value is -2.40. The molecule has 120 valence electrons. The van der Waals surface area contributed by atoms with Crippen LogP contribution in [0.2, 0.25) is 5.02 Å². The topological polar surface area (TPSA) is 53.6 Å². The van der Waals surface area contributed by atoms with Gasteiger partial charge in [-0.1, -0.05) is 11.6 Å². The van der Waals surface area contributed by atoms with E-state index in [2.05, 4.69) is 0 Å². The van der Waals surface area contributed by atoms with Gasteiger partial charge < -0.3 is 13.9 Å². The average Bonchev–Trinajstić information content (AvgIpc) is 2.83. The van der Waals surface area contributed by atoms with Gasteiger partial charge in [0.1, 0.15) is 0 Å². The van der Waals surface area contributed by atoms with Crippen LogP contribution in [0, 0.1) is 6.92 Å². The second-order valence-electron chi connectivity index (χ2n) is 5.20. The van der Waals surface area contributed by atoms with Crippen molar-refractivity contribution in [1.29, 1.82) is 0 Å². The first kappa shape index (κ1) is 15.5. The predicted octanol–water partition coefficient (Wildman–Crippen LogP) is 3.62. The number of benzene rings is 2. The number of oxazole rings is 1. The highest BCUT2D eigenvalue weighted by Gasteiger charge is 2.14.